The van der Waals surface area contributed by atoms with Crippen molar-refractivity contribution in [2.24, 2.45) is 0 Å². The number of alkyl halides is 9. The SMILES string of the molecule is Cc1cc(C)cc(NS(=O)(=O)c2cccn2-c2ncc(C(F)(F)F)cc2-c2nc(Oc3ccc(NS(=O)(=O)c4cccn4-c4ncc(C(F)(F)F)cc4Cl)cc3Cl)ccc2C(F)(F)F)c1. The zero-order valence-corrected chi connectivity index (χ0v) is 35.8. The molecule has 0 radical (unpaired) electrons. The number of rotatable bonds is 11. The van der Waals surface area contributed by atoms with Crippen LogP contribution in [-0.4, -0.2) is 40.9 Å². The summed E-state index contributed by atoms with van der Waals surface area (Å²) in [5.41, 5.74) is -5.04. The van der Waals surface area contributed by atoms with Crippen molar-refractivity contribution in [2.45, 2.75) is 42.4 Å². The van der Waals surface area contributed by atoms with Crippen molar-refractivity contribution in [3.63, 3.8) is 0 Å². The quantitative estimate of drug-likeness (QED) is 0.122. The Morgan fingerprint density at radius 3 is 1.68 bits per heavy atom. The third kappa shape index (κ3) is 10.0. The van der Waals surface area contributed by atoms with E-state index in [9.17, 15) is 56.3 Å². The number of aromatic nitrogens is 5. The average Bonchev–Trinajstić information content (AvgIpc) is 3.89. The topological polar surface area (TPSA) is 150 Å². The number of benzene rings is 2. The number of nitrogens with one attached hydrogen (secondary N) is 2. The number of ether oxygens (including phenoxy) is 1. The maximum Gasteiger partial charge on any atom is 0.418 e. The highest BCUT2D eigenvalue weighted by Gasteiger charge is 2.39. The second-order valence-corrected chi connectivity index (χ2v) is 18.0. The summed E-state index contributed by atoms with van der Waals surface area (Å²) < 4.78 is 192. The number of hydrogen-bond acceptors (Lipinski definition) is 8. The lowest BCUT2D eigenvalue weighted by Crippen LogP contribution is -2.18. The highest BCUT2D eigenvalue weighted by molar-refractivity contribution is 7.93. The van der Waals surface area contributed by atoms with Crippen LogP contribution in [0.15, 0.2) is 120 Å². The fourth-order valence-electron chi connectivity index (χ4n) is 6.40. The van der Waals surface area contributed by atoms with Crippen LogP contribution in [0.2, 0.25) is 10.0 Å². The van der Waals surface area contributed by atoms with E-state index in [2.05, 4.69) is 24.4 Å². The first-order chi connectivity index (χ1) is 30.2. The molecule has 0 aliphatic rings. The van der Waals surface area contributed by atoms with Gasteiger partial charge in [-0.2, -0.15) is 56.3 Å². The molecule has 0 amide bonds. The average molecular weight is 991 g/mol. The van der Waals surface area contributed by atoms with Crippen molar-refractivity contribution in [3.8, 4) is 34.5 Å². The summed E-state index contributed by atoms with van der Waals surface area (Å²) in [5.74, 6) is -2.05. The van der Waals surface area contributed by atoms with E-state index in [1.54, 1.807) is 19.9 Å². The molecule has 2 N–H and O–H groups in total. The van der Waals surface area contributed by atoms with Crippen LogP contribution in [0.25, 0.3) is 22.9 Å². The highest BCUT2D eigenvalue weighted by atomic mass is 35.5. The van der Waals surface area contributed by atoms with Gasteiger partial charge in [-0.15, -0.1) is 0 Å². The van der Waals surface area contributed by atoms with Crippen LogP contribution in [0, 0.1) is 13.8 Å². The molecule has 5 heterocycles. The van der Waals surface area contributed by atoms with Gasteiger partial charge in [0, 0.05) is 42.1 Å². The molecule has 25 heteroatoms. The Kier molecular flexibility index (Phi) is 12.2. The van der Waals surface area contributed by atoms with Crippen LogP contribution < -0.4 is 14.2 Å². The Hall–Kier alpha value is -6.30. The summed E-state index contributed by atoms with van der Waals surface area (Å²) in [6, 6.07) is 14.6. The second-order valence-electron chi connectivity index (χ2n) is 13.9. The van der Waals surface area contributed by atoms with Crippen LogP contribution in [-0.2, 0) is 38.6 Å². The molecular formula is C40H26Cl2F9N7O5S2. The highest BCUT2D eigenvalue weighted by Crippen LogP contribution is 2.43. The lowest BCUT2D eigenvalue weighted by atomic mass is 10.0. The lowest BCUT2D eigenvalue weighted by molar-refractivity contribution is -0.138. The molecule has 0 spiro atoms. The maximum absolute atomic E-state index is 14.7. The van der Waals surface area contributed by atoms with Crippen LogP contribution in [0.3, 0.4) is 0 Å². The summed E-state index contributed by atoms with van der Waals surface area (Å²) in [6.45, 7) is 3.41. The molecule has 0 aliphatic carbocycles. The summed E-state index contributed by atoms with van der Waals surface area (Å²) >= 11 is 12.4. The van der Waals surface area contributed by atoms with Gasteiger partial charge in [0.2, 0.25) is 5.88 Å². The maximum atomic E-state index is 14.7. The van der Waals surface area contributed by atoms with Crippen LogP contribution in [0.5, 0.6) is 11.6 Å². The van der Waals surface area contributed by atoms with Gasteiger partial charge in [0.05, 0.1) is 38.1 Å². The molecule has 0 fully saturated rings. The van der Waals surface area contributed by atoms with E-state index in [1.165, 1.54) is 30.5 Å². The molecule has 0 aliphatic heterocycles. The number of sulfonamides is 2. The smallest absolute Gasteiger partial charge is 0.418 e. The van der Waals surface area contributed by atoms with E-state index in [0.29, 0.717) is 41.7 Å². The molecular weight excluding hydrogens is 965 g/mol. The first-order valence-electron chi connectivity index (χ1n) is 18.1. The first-order valence-corrected chi connectivity index (χ1v) is 21.8. The molecule has 0 unspecified atom stereocenters. The van der Waals surface area contributed by atoms with E-state index >= 15 is 0 Å². The van der Waals surface area contributed by atoms with Crippen molar-refractivity contribution in [3.05, 3.63) is 148 Å². The van der Waals surface area contributed by atoms with Crippen LogP contribution >= 0.6 is 23.2 Å². The first kappa shape index (κ1) is 46.7. The molecule has 5 aromatic heterocycles. The van der Waals surface area contributed by atoms with Gasteiger partial charge in [0.15, 0.2) is 15.9 Å². The summed E-state index contributed by atoms with van der Waals surface area (Å²) in [5, 5.41) is -2.02. The molecule has 0 atom stereocenters. The van der Waals surface area contributed by atoms with Gasteiger partial charge in [-0.25, -0.2) is 15.0 Å². The molecule has 0 saturated carbocycles. The number of anilines is 2. The molecule has 0 bridgehead atoms. The number of nitrogens with zero attached hydrogens (tertiary/aromatic N) is 5. The molecule has 65 heavy (non-hydrogen) atoms. The fourth-order valence-corrected chi connectivity index (χ4v) is 9.28. The third-order valence-corrected chi connectivity index (χ3v) is 12.4. The minimum Gasteiger partial charge on any atom is -0.437 e. The Balaban J connectivity index is 1.24. The van der Waals surface area contributed by atoms with Crippen LogP contribution in [0.4, 0.5) is 50.9 Å². The summed E-state index contributed by atoms with van der Waals surface area (Å²) in [6.07, 6.45) is -12.2. The third-order valence-electron chi connectivity index (χ3n) is 9.08. The van der Waals surface area contributed by atoms with Gasteiger partial charge in [0.25, 0.3) is 20.0 Å². The van der Waals surface area contributed by atoms with Crippen LogP contribution in [0.1, 0.15) is 27.8 Å². The van der Waals surface area contributed by atoms with Gasteiger partial charge in [-0.3, -0.25) is 18.6 Å². The van der Waals surface area contributed by atoms with Crippen molar-refractivity contribution in [1.82, 2.24) is 24.1 Å². The Morgan fingerprint density at radius 1 is 0.600 bits per heavy atom. The van der Waals surface area contributed by atoms with Gasteiger partial charge < -0.3 is 4.74 Å². The largest absolute Gasteiger partial charge is 0.437 e. The standard InChI is InChI=1S/C40H26Cl2F9N7O5S2/c1-21-13-22(2)15-26(14-21)56-65(61,62)33-5-3-11-57(33)36-27(16-23(19-52-36)38(43,44)45)35-28(40(49,50)51)8-10-32(54-35)63-31-9-7-25(18-29(31)41)55-64(59,60)34-6-4-12-58(34)37-30(42)17-24(20-53-37)39(46,47)48/h3-20,55-56H,1-2H3. The lowest BCUT2D eigenvalue weighted by Gasteiger charge is -2.19. The van der Waals surface area contributed by atoms with E-state index < -0.39 is 93.3 Å². The molecule has 7 aromatic rings. The van der Waals surface area contributed by atoms with Gasteiger partial charge >= 0.3 is 18.5 Å². The van der Waals surface area contributed by atoms with Crippen molar-refractivity contribution >= 4 is 54.6 Å². The van der Waals surface area contributed by atoms with Crippen molar-refractivity contribution in [2.75, 3.05) is 9.44 Å². The van der Waals surface area contributed by atoms with E-state index in [0.717, 1.165) is 51.7 Å². The molecule has 12 nitrogen and oxygen atoms in total. The number of pyridine rings is 3. The Labute approximate surface area is 372 Å². The minimum absolute atomic E-state index is 0.126. The predicted octanol–water partition coefficient (Wildman–Crippen LogP) is 11.5. The minimum atomic E-state index is -5.26. The van der Waals surface area contributed by atoms with E-state index in [-0.39, 0.29) is 28.0 Å². The molecule has 7 rings (SSSR count). The molecule has 2 aromatic carbocycles. The molecule has 340 valence electrons. The van der Waals surface area contributed by atoms with Crippen molar-refractivity contribution < 1.29 is 61.1 Å². The zero-order valence-electron chi connectivity index (χ0n) is 32.6. The number of halogens is 11. The van der Waals surface area contributed by atoms with Gasteiger partial charge in [-0.05, 0) is 97.8 Å². The number of aryl methyl sites for hydroxylation is 2. The van der Waals surface area contributed by atoms with E-state index in [1.807, 2.05) is 0 Å². The van der Waals surface area contributed by atoms with E-state index in [4.69, 9.17) is 27.9 Å². The summed E-state index contributed by atoms with van der Waals surface area (Å²) in [4.78, 5) is 11.4. The molecule has 0 saturated heterocycles. The van der Waals surface area contributed by atoms with Gasteiger partial charge in [-0.1, -0.05) is 29.3 Å². The predicted molar refractivity (Wildman–Crippen MR) is 219 cm³/mol. The normalized spacial score (nSPS) is 12.6. The van der Waals surface area contributed by atoms with Gasteiger partial charge in [0.1, 0.15) is 11.6 Å². The monoisotopic (exact) mass is 989 g/mol. The van der Waals surface area contributed by atoms with Crippen molar-refractivity contribution in [1.29, 1.82) is 0 Å². The summed E-state index contributed by atoms with van der Waals surface area (Å²) in [7, 11) is -9.15. The Morgan fingerprint density at radius 2 is 1.14 bits per heavy atom. The zero-order chi connectivity index (χ0) is 47.4. The number of hydrogen-bond donors (Lipinski definition) is 2. The second kappa shape index (κ2) is 16.9. The Bertz CT molecular complexity index is 3190. The fraction of sp³-hybridized carbons (Fsp3) is 0.125.